The molecule has 1 atom stereocenters. The first kappa shape index (κ1) is 8.63. The van der Waals surface area contributed by atoms with Crippen molar-refractivity contribution in [1.29, 1.82) is 0 Å². The molecule has 1 unspecified atom stereocenters. The Morgan fingerprint density at radius 1 is 1.62 bits per heavy atom. The third-order valence-electron chi connectivity index (χ3n) is 2.50. The summed E-state index contributed by atoms with van der Waals surface area (Å²) in [6.45, 7) is 2.75. The van der Waals surface area contributed by atoms with Crippen LogP contribution in [-0.4, -0.2) is 16.5 Å². The van der Waals surface area contributed by atoms with E-state index in [0.717, 1.165) is 11.5 Å². The van der Waals surface area contributed by atoms with Crippen LogP contribution in [0.1, 0.15) is 43.1 Å². The lowest BCUT2D eigenvalue weighted by Crippen LogP contribution is -2.11. The van der Waals surface area contributed by atoms with Gasteiger partial charge >= 0.3 is 0 Å². The van der Waals surface area contributed by atoms with Crippen molar-refractivity contribution in [1.82, 2.24) is 9.97 Å². The molecule has 0 aromatic carbocycles. The van der Waals surface area contributed by atoms with Gasteiger partial charge in [-0.05, 0) is 18.9 Å². The van der Waals surface area contributed by atoms with Gasteiger partial charge in [-0.15, -0.1) is 0 Å². The minimum Gasteiger partial charge on any atom is -0.330 e. The molecule has 0 radical (unpaired) electrons. The molecular weight excluding hydrogens is 162 g/mol. The first-order valence-electron chi connectivity index (χ1n) is 4.84. The Labute approximate surface area is 78.4 Å². The normalized spacial score (nSPS) is 18.6. The Kier molecular flexibility index (Phi) is 2.27. The Morgan fingerprint density at radius 2 is 2.38 bits per heavy atom. The van der Waals surface area contributed by atoms with Gasteiger partial charge in [0.2, 0.25) is 0 Å². The highest BCUT2D eigenvalue weighted by atomic mass is 14.9. The summed E-state index contributed by atoms with van der Waals surface area (Å²) < 4.78 is 0. The number of hydrogen-bond donors (Lipinski definition) is 1. The maximum absolute atomic E-state index is 5.59. The van der Waals surface area contributed by atoms with Crippen LogP contribution in [0.3, 0.4) is 0 Å². The monoisotopic (exact) mass is 177 g/mol. The summed E-state index contributed by atoms with van der Waals surface area (Å²) in [7, 11) is 0. The van der Waals surface area contributed by atoms with E-state index < -0.39 is 0 Å². The van der Waals surface area contributed by atoms with E-state index in [4.69, 9.17) is 5.73 Å². The van der Waals surface area contributed by atoms with Crippen LogP contribution in [0.2, 0.25) is 0 Å². The van der Waals surface area contributed by atoms with Crippen molar-refractivity contribution in [2.75, 3.05) is 6.54 Å². The highest BCUT2D eigenvalue weighted by Gasteiger charge is 2.26. The van der Waals surface area contributed by atoms with Crippen molar-refractivity contribution in [2.45, 2.75) is 31.6 Å². The first-order chi connectivity index (χ1) is 6.31. The lowest BCUT2D eigenvalue weighted by Gasteiger charge is -2.08. The number of nitrogens with two attached hydrogens (primary N) is 1. The molecule has 13 heavy (non-hydrogen) atoms. The molecule has 1 aliphatic carbocycles. The summed E-state index contributed by atoms with van der Waals surface area (Å²) in [5.41, 5.74) is 6.67. The minimum absolute atomic E-state index is 0.348. The van der Waals surface area contributed by atoms with Gasteiger partial charge in [-0.2, -0.15) is 0 Å². The summed E-state index contributed by atoms with van der Waals surface area (Å²) in [4.78, 5) is 8.78. The number of nitrogens with zero attached hydrogens (tertiary/aromatic N) is 2. The van der Waals surface area contributed by atoms with Gasteiger partial charge in [-0.3, -0.25) is 0 Å². The van der Waals surface area contributed by atoms with Crippen LogP contribution in [0.15, 0.2) is 12.3 Å². The summed E-state index contributed by atoms with van der Waals surface area (Å²) >= 11 is 0. The maximum Gasteiger partial charge on any atom is 0.131 e. The fraction of sp³-hybridized carbons (Fsp3) is 0.600. The first-order valence-corrected chi connectivity index (χ1v) is 4.84. The molecule has 1 fully saturated rings. The second-order valence-corrected chi connectivity index (χ2v) is 3.75. The quantitative estimate of drug-likeness (QED) is 0.759. The number of rotatable bonds is 3. The molecule has 1 saturated carbocycles. The lowest BCUT2D eigenvalue weighted by atomic mass is 10.1. The van der Waals surface area contributed by atoms with Gasteiger partial charge in [0.1, 0.15) is 5.82 Å². The Hall–Kier alpha value is -0.960. The predicted molar refractivity (Wildman–Crippen MR) is 51.5 cm³/mol. The molecule has 2 rings (SSSR count). The number of aromatic nitrogens is 2. The van der Waals surface area contributed by atoms with Crippen LogP contribution < -0.4 is 5.73 Å². The van der Waals surface area contributed by atoms with Gasteiger partial charge in [0, 0.05) is 30.3 Å². The van der Waals surface area contributed by atoms with Gasteiger partial charge in [0.15, 0.2) is 0 Å². The van der Waals surface area contributed by atoms with E-state index in [1.54, 1.807) is 0 Å². The molecule has 0 saturated heterocycles. The van der Waals surface area contributed by atoms with Crippen LogP contribution in [0, 0.1) is 0 Å². The molecule has 1 aromatic rings. The van der Waals surface area contributed by atoms with Gasteiger partial charge in [0.25, 0.3) is 0 Å². The molecule has 0 bridgehead atoms. The second-order valence-electron chi connectivity index (χ2n) is 3.75. The lowest BCUT2D eigenvalue weighted by molar-refractivity contribution is 0.725. The van der Waals surface area contributed by atoms with E-state index in [2.05, 4.69) is 16.9 Å². The Balaban J connectivity index is 2.21. The molecule has 2 N–H and O–H groups in total. The fourth-order valence-electron chi connectivity index (χ4n) is 1.32. The van der Waals surface area contributed by atoms with Crippen molar-refractivity contribution in [3.8, 4) is 0 Å². The van der Waals surface area contributed by atoms with Crippen molar-refractivity contribution < 1.29 is 0 Å². The predicted octanol–water partition coefficient (Wildman–Crippen LogP) is 1.42. The topological polar surface area (TPSA) is 51.8 Å². The van der Waals surface area contributed by atoms with E-state index in [-0.39, 0.29) is 0 Å². The van der Waals surface area contributed by atoms with Gasteiger partial charge in [0.05, 0.1) is 0 Å². The summed E-state index contributed by atoms with van der Waals surface area (Å²) in [5.74, 6) is 1.99. The van der Waals surface area contributed by atoms with Gasteiger partial charge in [-0.25, -0.2) is 9.97 Å². The molecule has 1 heterocycles. The highest BCUT2D eigenvalue weighted by Crippen LogP contribution is 2.37. The molecule has 1 aromatic heterocycles. The van der Waals surface area contributed by atoms with E-state index >= 15 is 0 Å². The third kappa shape index (κ3) is 1.86. The van der Waals surface area contributed by atoms with Crippen LogP contribution in [0.5, 0.6) is 0 Å². The minimum atomic E-state index is 0.348. The summed E-state index contributed by atoms with van der Waals surface area (Å²) in [5, 5.41) is 0. The molecule has 1 aliphatic rings. The largest absolute Gasteiger partial charge is 0.330 e. The number of hydrogen-bond acceptors (Lipinski definition) is 3. The zero-order valence-corrected chi connectivity index (χ0v) is 7.90. The second kappa shape index (κ2) is 3.42. The zero-order chi connectivity index (χ0) is 9.26. The summed E-state index contributed by atoms with van der Waals surface area (Å²) in [6.07, 6.45) is 4.35. The average Bonchev–Trinajstić information content (AvgIpc) is 3.00. The molecule has 0 amide bonds. The van der Waals surface area contributed by atoms with Crippen molar-refractivity contribution in [3.63, 3.8) is 0 Å². The SMILES string of the molecule is CC(CN)c1ccnc(C2CC2)n1. The Bertz CT molecular complexity index is 294. The van der Waals surface area contributed by atoms with Crippen molar-refractivity contribution in [3.05, 3.63) is 23.8 Å². The maximum atomic E-state index is 5.59. The molecule has 70 valence electrons. The highest BCUT2D eigenvalue weighted by molar-refractivity contribution is 5.12. The van der Waals surface area contributed by atoms with E-state index in [0.29, 0.717) is 18.4 Å². The zero-order valence-electron chi connectivity index (χ0n) is 7.90. The van der Waals surface area contributed by atoms with Crippen LogP contribution in [0.25, 0.3) is 0 Å². The standard InChI is InChI=1S/C10H15N3/c1-7(6-11)9-4-5-12-10(13-9)8-2-3-8/h4-5,7-8H,2-3,6,11H2,1H3. The van der Waals surface area contributed by atoms with Crippen molar-refractivity contribution >= 4 is 0 Å². The van der Waals surface area contributed by atoms with Crippen LogP contribution in [-0.2, 0) is 0 Å². The van der Waals surface area contributed by atoms with E-state index in [9.17, 15) is 0 Å². The van der Waals surface area contributed by atoms with Gasteiger partial charge in [-0.1, -0.05) is 6.92 Å². The smallest absolute Gasteiger partial charge is 0.131 e. The molecule has 3 heteroatoms. The Morgan fingerprint density at radius 3 is 3.00 bits per heavy atom. The van der Waals surface area contributed by atoms with E-state index in [1.807, 2.05) is 12.3 Å². The molecule has 0 aliphatic heterocycles. The fourth-order valence-corrected chi connectivity index (χ4v) is 1.32. The average molecular weight is 177 g/mol. The third-order valence-corrected chi connectivity index (χ3v) is 2.50. The summed E-state index contributed by atoms with van der Waals surface area (Å²) in [6, 6.07) is 1.96. The van der Waals surface area contributed by atoms with Crippen LogP contribution >= 0.6 is 0 Å². The van der Waals surface area contributed by atoms with Crippen LogP contribution in [0.4, 0.5) is 0 Å². The van der Waals surface area contributed by atoms with Crippen molar-refractivity contribution in [2.24, 2.45) is 5.73 Å². The molecular formula is C10H15N3. The molecule has 0 spiro atoms. The van der Waals surface area contributed by atoms with Gasteiger partial charge < -0.3 is 5.73 Å². The van der Waals surface area contributed by atoms with E-state index in [1.165, 1.54) is 12.8 Å². The molecule has 3 nitrogen and oxygen atoms in total.